The molecule has 0 fully saturated rings. The molecule has 78 valence electrons. The monoisotopic (exact) mass is 215 g/mol. The highest BCUT2D eigenvalue weighted by Gasteiger charge is 2.08. The van der Waals surface area contributed by atoms with Gasteiger partial charge >= 0.3 is 0 Å². The largest absolute Gasteiger partial charge is 0.391 e. The molecule has 0 spiro atoms. The lowest BCUT2D eigenvalue weighted by molar-refractivity contribution is 0.138. The van der Waals surface area contributed by atoms with Gasteiger partial charge in [0, 0.05) is 12.6 Å². The van der Waals surface area contributed by atoms with Gasteiger partial charge in [-0.2, -0.15) is 0 Å². The molecule has 1 unspecified atom stereocenters. The van der Waals surface area contributed by atoms with E-state index in [0.717, 1.165) is 0 Å². The molecule has 0 aliphatic heterocycles. The van der Waals surface area contributed by atoms with E-state index in [1.54, 1.807) is 6.07 Å². The Balaban J connectivity index is 2.45. The molecule has 0 aliphatic rings. The van der Waals surface area contributed by atoms with Gasteiger partial charge in [0.1, 0.15) is 17.3 Å². The number of halogens is 1. The maximum Gasteiger partial charge on any atom is 0.134 e. The third-order valence-electron chi connectivity index (χ3n) is 1.90. The Kier molecular flexibility index (Phi) is 4.10. The highest BCUT2D eigenvalue weighted by atomic mass is 35.5. The number of aromatic nitrogens is 2. The van der Waals surface area contributed by atoms with E-state index in [9.17, 15) is 5.11 Å². The summed E-state index contributed by atoms with van der Waals surface area (Å²) >= 11 is 5.67. The predicted molar refractivity (Wildman–Crippen MR) is 56.4 cm³/mol. The lowest BCUT2D eigenvalue weighted by Crippen LogP contribution is -2.25. The van der Waals surface area contributed by atoms with Crippen molar-refractivity contribution in [1.29, 1.82) is 0 Å². The molecule has 0 aromatic carbocycles. The van der Waals surface area contributed by atoms with E-state index in [1.165, 1.54) is 6.33 Å². The van der Waals surface area contributed by atoms with Crippen LogP contribution in [0.5, 0.6) is 0 Å². The number of aliphatic hydroxyl groups is 1. The quantitative estimate of drug-likeness (QED) is 0.749. The molecule has 0 radical (unpaired) electrons. The van der Waals surface area contributed by atoms with Crippen LogP contribution in [0.2, 0.25) is 5.15 Å². The summed E-state index contributed by atoms with van der Waals surface area (Å²) in [6.07, 6.45) is 0.996. The maximum atomic E-state index is 9.52. The van der Waals surface area contributed by atoms with Crippen LogP contribution in [0.1, 0.15) is 13.8 Å². The zero-order chi connectivity index (χ0) is 10.6. The van der Waals surface area contributed by atoms with Crippen LogP contribution < -0.4 is 5.32 Å². The lowest BCUT2D eigenvalue weighted by atomic mass is 10.1. The first-order valence-corrected chi connectivity index (χ1v) is 4.87. The molecular weight excluding hydrogens is 202 g/mol. The van der Waals surface area contributed by atoms with Crippen LogP contribution in [0.3, 0.4) is 0 Å². The van der Waals surface area contributed by atoms with Gasteiger partial charge in [-0.3, -0.25) is 0 Å². The Morgan fingerprint density at radius 2 is 2.21 bits per heavy atom. The van der Waals surface area contributed by atoms with E-state index in [-0.39, 0.29) is 12.0 Å². The van der Waals surface area contributed by atoms with Crippen molar-refractivity contribution in [2.45, 2.75) is 20.0 Å². The van der Waals surface area contributed by atoms with Gasteiger partial charge in [-0.1, -0.05) is 25.4 Å². The molecule has 1 aromatic rings. The summed E-state index contributed by atoms with van der Waals surface area (Å²) in [7, 11) is 0. The average Bonchev–Trinajstić information content (AvgIpc) is 2.14. The normalized spacial score (nSPS) is 12.9. The Morgan fingerprint density at radius 1 is 1.50 bits per heavy atom. The average molecular weight is 216 g/mol. The van der Waals surface area contributed by atoms with E-state index < -0.39 is 0 Å². The molecule has 0 saturated heterocycles. The van der Waals surface area contributed by atoms with Gasteiger partial charge in [0.15, 0.2) is 0 Å². The highest BCUT2D eigenvalue weighted by molar-refractivity contribution is 6.29. The number of anilines is 1. The SMILES string of the molecule is CC(C)C(O)CNc1cc(Cl)ncn1. The van der Waals surface area contributed by atoms with Crippen molar-refractivity contribution in [1.82, 2.24) is 9.97 Å². The van der Waals surface area contributed by atoms with E-state index in [0.29, 0.717) is 17.5 Å². The molecule has 1 aromatic heterocycles. The smallest absolute Gasteiger partial charge is 0.134 e. The van der Waals surface area contributed by atoms with E-state index in [2.05, 4.69) is 15.3 Å². The summed E-state index contributed by atoms with van der Waals surface area (Å²) < 4.78 is 0. The second-order valence-corrected chi connectivity index (χ2v) is 3.81. The van der Waals surface area contributed by atoms with Gasteiger partial charge in [0.05, 0.1) is 6.10 Å². The van der Waals surface area contributed by atoms with E-state index in [4.69, 9.17) is 11.6 Å². The van der Waals surface area contributed by atoms with E-state index >= 15 is 0 Å². The van der Waals surface area contributed by atoms with Crippen LogP contribution in [0.15, 0.2) is 12.4 Å². The van der Waals surface area contributed by atoms with Crippen molar-refractivity contribution >= 4 is 17.4 Å². The highest BCUT2D eigenvalue weighted by Crippen LogP contribution is 2.09. The van der Waals surface area contributed by atoms with Crippen LogP contribution >= 0.6 is 11.6 Å². The van der Waals surface area contributed by atoms with Crippen LogP contribution in [-0.4, -0.2) is 27.7 Å². The van der Waals surface area contributed by atoms with Crippen molar-refractivity contribution in [2.24, 2.45) is 5.92 Å². The molecule has 14 heavy (non-hydrogen) atoms. The number of rotatable bonds is 4. The Morgan fingerprint density at radius 3 is 2.79 bits per heavy atom. The van der Waals surface area contributed by atoms with Gasteiger partial charge < -0.3 is 10.4 Å². The van der Waals surface area contributed by atoms with Crippen molar-refractivity contribution in [2.75, 3.05) is 11.9 Å². The minimum Gasteiger partial charge on any atom is -0.391 e. The van der Waals surface area contributed by atoms with Gasteiger partial charge in [-0.05, 0) is 5.92 Å². The molecule has 0 saturated carbocycles. The second kappa shape index (κ2) is 5.12. The molecular formula is C9H14ClN3O. The van der Waals surface area contributed by atoms with Crippen LogP contribution in [0.25, 0.3) is 0 Å². The first kappa shape index (κ1) is 11.2. The first-order valence-electron chi connectivity index (χ1n) is 4.49. The zero-order valence-electron chi connectivity index (χ0n) is 8.24. The number of hydrogen-bond donors (Lipinski definition) is 2. The third-order valence-corrected chi connectivity index (χ3v) is 2.10. The molecule has 0 bridgehead atoms. The fraction of sp³-hybridized carbons (Fsp3) is 0.556. The summed E-state index contributed by atoms with van der Waals surface area (Å²) in [5.41, 5.74) is 0. The summed E-state index contributed by atoms with van der Waals surface area (Å²) in [5, 5.41) is 12.9. The minimum absolute atomic E-state index is 0.222. The van der Waals surface area contributed by atoms with Gasteiger partial charge in [0.25, 0.3) is 0 Å². The molecule has 1 rings (SSSR count). The predicted octanol–water partition coefficient (Wildman–Crippen LogP) is 1.56. The summed E-state index contributed by atoms with van der Waals surface area (Å²) in [5.74, 6) is 0.851. The third kappa shape index (κ3) is 3.47. The Bertz CT molecular complexity index is 293. The van der Waals surface area contributed by atoms with E-state index in [1.807, 2.05) is 13.8 Å². The zero-order valence-corrected chi connectivity index (χ0v) is 8.99. The summed E-state index contributed by atoms with van der Waals surface area (Å²) in [6, 6.07) is 1.62. The first-order chi connectivity index (χ1) is 6.59. The van der Waals surface area contributed by atoms with Crippen molar-refractivity contribution < 1.29 is 5.11 Å². The fourth-order valence-electron chi connectivity index (χ4n) is 0.875. The molecule has 1 heterocycles. The lowest BCUT2D eigenvalue weighted by Gasteiger charge is -2.15. The number of nitrogens with one attached hydrogen (secondary N) is 1. The van der Waals surface area contributed by atoms with Crippen molar-refractivity contribution in [3.8, 4) is 0 Å². The Labute approximate surface area is 88.3 Å². The summed E-state index contributed by atoms with van der Waals surface area (Å²) in [6.45, 7) is 4.38. The molecule has 1 atom stereocenters. The number of aliphatic hydroxyl groups excluding tert-OH is 1. The number of nitrogens with zero attached hydrogens (tertiary/aromatic N) is 2. The van der Waals surface area contributed by atoms with Crippen LogP contribution in [-0.2, 0) is 0 Å². The van der Waals surface area contributed by atoms with Crippen molar-refractivity contribution in [3.05, 3.63) is 17.5 Å². The van der Waals surface area contributed by atoms with Crippen LogP contribution in [0, 0.1) is 5.92 Å². The van der Waals surface area contributed by atoms with Gasteiger partial charge in [-0.25, -0.2) is 9.97 Å². The fourth-order valence-corrected chi connectivity index (χ4v) is 1.02. The topological polar surface area (TPSA) is 58.0 Å². The van der Waals surface area contributed by atoms with Gasteiger partial charge in [0.2, 0.25) is 0 Å². The minimum atomic E-state index is -0.385. The molecule has 0 aliphatic carbocycles. The maximum absolute atomic E-state index is 9.52. The summed E-state index contributed by atoms with van der Waals surface area (Å²) in [4.78, 5) is 7.71. The number of hydrogen-bond acceptors (Lipinski definition) is 4. The standard InChI is InChI=1S/C9H14ClN3O/c1-6(2)7(14)4-11-9-3-8(10)12-5-13-9/h3,5-7,14H,4H2,1-2H3,(H,11,12,13). The molecule has 0 amide bonds. The molecule has 4 nitrogen and oxygen atoms in total. The van der Waals surface area contributed by atoms with Crippen LogP contribution in [0.4, 0.5) is 5.82 Å². The van der Waals surface area contributed by atoms with Crippen molar-refractivity contribution in [3.63, 3.8) is 0 Å². The second-order valence-electron chi connectivity index (χ2n) is 3.42. The Hall–Kier alpha value is -0.870. The molecule has 2 N–H and O–H groups in total. The molecule has 5 heteroatoms. The van der Waals surface area contributed by atoms with Gasteiger partial charge in [-0.15, -0.1) is 0 Å².